The molecule has 0 aliphatic rings. The zero-order valence-corrected chi connectivity index (χ0v) is 16.4. The molecule has 4 rings (SSSR count). The Bertz CT molecular complexity index is 1180. The van der Waals surface area contributed by atoms with Gasteiger partial charge < -0.3 is 15.6 Å². The first-order valence-corrected chi connectivity index (χ1v) is 9.04. The summed E-state index contributed by atoms with van der Waals surface area (Å²) in [5, 5.41) is 19.4. The van der Waals surface area contributed by atoms with Crippen molar-refractivity contribution in [1.82, 2.24) is 29.9 Å². The standard InChI is InChI=1S/C20H21N7O2/c1-20(2,28)17-6-4-5-12(22-17)10-27-11-16(25-26-27)18-14-8-7-13(29-3)9-15(14)23-19(21)24-18/h4-9,11,28H,10H2,1-3H3,(H2,21,23,24). The van der Waals surface area contributed by atoms with Gasteiger partial charge in [0.05, 0.1) is 36.8 Å². The van der Waals surface area contributed by atoms with Crippen LogP contribution >= 0.6 is 0 Å². The van der Waals surface area contributed by atoms with E-state index >= 15 is 0 Å². The number of nitrogens with two attached hydrogens (primary N) is 1. The fourth-order valence-electron chi connectivity index (χ4n) is 3.01. The number of nitrogen functional groups attached to an aromatic ring is 1. The number of hydrogen-bond donors (Lipinski definition) is 2. The van der Waals surface area contributed by atoms with Gasteiger partial charge in [0.25, 0.3) is 0 Å². The summed E-state index contributed by atoms with van der Waals surface area (Å²) in [6.45, 7) is 3.81. The highest BCUT2D eigenvalue weighted by Crippen LogP contribution is 2.28. The third-order valence-electron chi connectivity index (χ3n) is 4.46. The molecule has 1 aromatic carbocycles. The van der Waals surface area contributed by atoms with Gasteiger partial charge >= 0.3 is 0 Å². The minimum atomic E-state index is -1.01. The van der Waals surface area contributed by atoms with Crippen molar-refractivity contribution >= 4 is 16.9 Å². The first kappa shape index (κ1) is 18.8. The number of hydrogen-bond acceptors (Lipinski definition) is 8. The summed E-state index contributed by atoms with van der Waals surface area (Å²) in [6.07, 6.45) is 1.78. The number of benzene rings is 1. The Kier molecular flexibility index (Phi) is 4.59. The van der Waals surface area contributed by atoms with Gasteiger partial charge in [0.1, 0.15) is 22.7 Å². The minimum absolute atomic E-state index is 0.148. The molecule has 0 spiro atoms. The Morgan fingerprint density at radius 2 is 1.97 bits per heavy atom. The van der Waals surface area contributed by atoms with E-state index in [1.165, 1.54) is 0 Å². The molecular formula is C20H21N7O2. The predicted octanol–water partition coefficient (Wildman–Crippen LogP) is 2.15. The van der Waals surface area contributed by atoms with Crippen molar-refractivity contribution in [3.05, 3.63) is 54.0 Å². The highest BCUT2D eigenvalue weighted by atomic mass is 16.5. The van der Waals surface area contributed by atoms with E-state index in [2.05, 4.69) is 25.3 Å². The maximum atomic E-state index is 10.2. The van der Waals surface area contributed by atoms with Crippen LogP contribution in [0.1, 0.15) is 25.2 Å². The van der Waals surface area contributed by atoms with Crippen LogP contribution in [0.4, 0.5) is 5.95 Å². The van der Waals surface area contributed by atoms with Gasteiger partial charge in [-0.1, -0.05) is 11.3 Å². The van der Waals surface area contributed by atoms with Crippen molar-refractivity contribution in [2.45, 2.75) is 26.0 Å². The molecule has 0 amide bonds. The second kappa shape index (κ2) is 7.10. The van der Waals surface area contributed by atoms with E-state index in [9.17, 15) is 5.11 Å². The molecule has 0 radical (unpaired) electrons. The van der Waals surface area contributed by atoms with Gasteiger partial charge in [0.15, 0.2) is 0 Å². The molecule has 9 heteroatoms. The number of fused-ring (bicyclic) bond motifs is 1. The fraction of sp³-hybridized carbons (Fsp3) is 0.250. The van der Waals surface area contributed by atoms with Crippen LogP contribution in [-0.2, 0) is 12.1 Å². The summed E-state index contributed by atoms with van der Waals surface area (Å²) in [6, 6.07) is 11.0. The first-order valence-electron chi connectivity index (χ1n) is 9.04. The van der Waals surface area contributed by atoms with Crippen molar-refractivity contribution in [3.63, 3.8) is 0 Å². The van der Waals surface area contributed by atoms with Gasteiger partial charge in [-0.25, -0.2) is 14.6 Å². The summed E-state index contributed by atoms with van der Waals surface area (Å²) >= 11 is 0. The highest BCUT2D eigenvalue weighted by molar-refractivity contribution is 5.92. The average Bonchev–Trinajstić information content (AvgIpc) is 3.14. The lowest BCUT2D eigenvalue weighted by Crippen LogP contribution is -2.18. The summed E-state index contributed by atoms with van der Waals surface area (Å²) in [7, 11) is 1.60. The number of methoxy groups -OCH3 is 1. The second-order valence-corrected chi connectivity index (χ2v) is 7.19. The Morgan fingerprint density at radius 1 is 1.14 bits per heavy atom. The normalized spacial score (nSPS) is 11.7. The molecule has 3 aromatic heterocycles. The molecule has 4 aromatic rings. The molecule has 0 bridgehead atoms. The molecule has 3 N–H and O–H groups in total. The van der Waals surface area contributed by atoms with Crippen LogP contribution in [0, 0.1) is 0 Å². The molecule has 148 valence electrons. The quantitative estimate of drug-likeness (QED) is 0.530. The van der Waals surface area contributed by atoms with E-state index in [0.29, 0.717) is 34.9 Å². The van der Waals surface area contributed by atoms with Crippen LogP contribution in [0.15, 0.2) is 42.6 Å². The number of rotatable bonds is 5. The first-order chi connectivity index (χ1) is 13.8. The molecular weight excluding hydrogens is 370 g/mol. The van der Waals surface area contributed by atoms with Crippen LogP contribution in [0.2, 0.25) is 0 Å². The van der Waals surface area contributed by atoms with E-state index in [1.54, 1.807) is 44.0 Å². The Labute approximate surface area is 167 Å². The fourth-order valence-corrected chi connectivity index (χ4v) is 3.01. The van der Waals surface area contributed by atoms with Crippen LogP contribution in [0.5, 0.6) is 5.75 Å². The third kappa shape index (κ3) is 3.85. The molecule has 9 nitrogen and oxygen atoms in total. The van der Waals surface area contributed by atoms with E-state index in [0.717, 1.165) is 11.1 Å². The zero-order chi connectivity index (χ0) is 20.6. The molecule has 0 aliphatic heterocycles. The maximum Gasteiger partial charge on any atom is 0.221 e. The van der Waals surface area contributed by atoms with Gasteiger partial charge in [0.2, 0.25) is 5.95 Å². The number of anilines is 1. The van der Waals surface area contributed by atoms with Gasteiger partial charge in [-0.3, -0.25) is 4.98 Å². The van der Waals surface area contributed by atoms with Crippen molar-refractivity contribution < 1.29 is 9.84 Å². The van der Waals surface area contributed by atoms with E-state index in [4.69, 9.17) is 10.5 Å². The number of aromatic nitrogens is 6. The molecule has 0 saturated heterocycles. The van der Waals surface area contributed by atoms with Gasteiger partial charge in [-0.05, 0) is 38.1 Å². The number of pyridine rings is 1. The van der Waals surface area contributed by atoms with Crippen molar-refractivity contribution in [2.24, 2.45) is 0 Å². The third-order valence-corrected chi connectivity index (χ3v) is 4.46. The van der Waals surface area contributed by atoms with Gasteiger partial charge in [-0.15, -0.1) is 5.10 Å². The Morgan fingerprint density at radius 3 is 2.72 bits per heavy atom. The largest absolute Gasteiger partial charge is 0.497 e. The smallest absolute Gasteiger partial charge is 0.221 e. The lowest BCUT2D eigenvalue weighted by Gasteiger charge is -2.17. The number of nitrogens with zero attached hydrogens (tertiary/aromatic N) is 6. The molecule has 0 saturated carbocycles. The Hall–Kier alpha value is -3.59. The number of aliphatic hydroxyl groups is 1. The average molecular weight is 391 g/mol. The number of ether oxygens (including phenoxy) is 1. The van der Waals surface area contributed by atoms with Crippen LogP contribution < -0.4 is 10.5 Å². The van der Waals surface area contributed by atoms with Gasteiger partial charge in [0, 0.05) is 11.5 Å². The lowest BCUT2D eigenvalue weighted by molar-refractivity contribution is 0.0736. The maximum absolute atomic E-state index is 10.2. The van der Waals surface area contributed by atoms with Crippen LogP contribution in [-0.4, -0.2) is 42.2 Å². The molecule has 0 unspecified atom stereocenters. The molecule has 3 heterocycles. The van der Waals surface area contributed by atoms with Crippen molar-refractivity contribution in [3.8, 4) is 17.1 Å². The summed E-state index contributed by atoms with van der Waals surface area (Å²) < 4.78 is 6.92. The Balaban J connectivity index is 1.68. The summed E-state index contributed by atoms with van der Waals surface area (Å²) in [4.78, 5) is 13.1. The van der Waals surface area contributed by atoms with E-state index in [-0.39, 0.29) is 5.95 Å². The second-order valence-electron chi connectivity index (χ2n) is 7.19. The van der Waals surface area contributed by atoms with Crippen LogP contribution in [0.25, 0.3) is 22.3 Å². The zero-order valence-electron chi connectivity index (χ0n) is 16.4. The highest BCUT2D eigenvalue weighted by Gasteiger charge is 2.18. The minimum Gasteiger partial charge on any atom is -0.497 e. The molecule has 0 aliphatic carbocycles. The summed E-state index contributed by atoms with van der Waals surface area (Å²) in [5.41, 5.74) is 8.08. The van der Waals surface area contributed by atoms with E-state index < -0.39 is 5.60 Å². The SMILES string of the molecule is COc1ccc2c(-c3cn(Cc4cccc(C(C)(C)O)n4)nn3)nc(N)nc2c1. The summed E-state index contributed by atoms with van der Waals surface area (Å²) in [5.74, 6) is 0.831. The van der Waals surface area contributed by atoms with Crippen molar-refractivity contribution in [2.75, 3.05) is 12.8 Å². The van der Waals surface area contributed by atoms with E-state index in [1.807, 2.05) is 24.3 Å². The lowest BCUT2D eigenvalue weighted by atomic mass is 10.0. The predicted molar refractivity (Wildman–Crippen MR) is 108 cm³/mol. The van der Waals surface area contributed by atoms with Crippen molar-refractivity contribution in [1.29, 1.82) is 0 Å². The molecule has 29 heavy (non-hydrogen) atoms. The van der Waals surface area contributed by atoms with Crippen LogP contribution in [0.3, 0.4) is 0 Å². The molecule has 0 atom stereocenters. The monoisotopic (exact) mass is 391 g/mol. The van der Waals surface area contributed by atoms with Gasteiger partial charge in [-0.2, -0.15) is 0 Å². The topological polar surface area (TPSA) is 125 Å². The molecule has 0 fully saturated rings.